The molecule has 0 spiro atoms. The topological polar surface area (TPSA) is 52.7 Å². The van der Waals surface area contributed by atoms with Gasteiger partial charge >= 0.3 is 0 Å². The second-order valence-electron chi connectivity index (χ2n) is 6.00. The molecule has 2 aliphatic heterocycles. The smallest absolute Gasteiger partial charge is 0.244 e. The van der Waals surface area contributed by atoms with Crippen LogP contribution in [0.15, 0.2) is 0 Å². The third-order valence-electron chi connectivity index (χ3n) is 4.23. The van der Waals surface area contributed by atoms with Crippen molar-refractivity contribution in [3.8, 4) is 0 Å². The van der Waals surface area contributed by atoms with Gasteiger partial charge in [-0.3, -0.25) is 9.59 Å². The maximum Gasteiger partial charge on any atom is 0.244 e. The maximum absolute atomic E-state index is 12.6. The Hall–Kier alpha value is -1.10. The summed E-state index contributed by atoms with van der Waals surface area (Å²) in [4.78, 5) is 28.2. The number of likely N-dealkylation sites (tertiary alicyclic amines) is 1. The lowest BCUT2D eigenvalue weighted by atomic mass is 9.91. The zero-order valence-electron chi connectivity index (χ0n) is 12.2. The Kier molecular flexibility index (Phi) is 4.45. The molecule has 2 aliphatic rings. The lowest BCUT2D eigenvalue weighted by Crippen LogP contribution is -2.49. The van der Waals surface area contributed by atoms with E-state index in [9.17, 15) is 9.59 Å². The first-order valence-electron chi connectivity index (χ1n) is 7.25. The lowest BCUT2D eigenvalue weighted by molar-refractivity contribution is -0.145. The molecule has 0 aromatic rings. The SMILES string of the molecule is CC1CC(C(=O)N2CCCC2C(=O)N(C)C)CCN1. The number of amides is 2. The second-order valence-corrected chi connectivity index (χ2v) is 6.00. The van der Waals surface area contributed by atoms with Crippen molar-refractivity contribution in [1.29, 1.82) is 0 Å². The number of nitrogens with one attached hydrogen (secondary N) is 1. The molecule has 0 aliphatic carbocycles. The number of rotatable bonds is 2. The summed E-state index contributed by atoms with van der Waals surface area (Å²) in [6.45, 7) is 3.75. The molecule has 1 N–H and O–H groups in total. The fourth-order valence-corrected chi connectivity index (χ4v) is 3.18. The predicted octanol–water partition coefficient (Wildman–Crippen LogP) is 0.454. The Morgan fingerprint density at radius 1 is 1.26 bits per heavy atom. The van der Waals surface area contributed by atoms with Gasteiger partial charge in [-0.2, -0.15) is 0 Å². The van der Waals surface area contributed by atoms with Crippen molar-refractivity contribution in [1.82, 2.24) is 15.1 Å². The van der Waals surface area contributed by atoms with Crippen molar-refractivity contribution in [3.05, 3.63) is 0 Å². The number of carbonyl (C=O) groups is 2. The molecule has 2 rings (SSSR count). The molecule has 2 fully saturated rings. The molecule has 0 aromatic carbocycles. The maximum atomic E-state index is 12.6. The van der Waals surface area contributed by atoms with Gasteiger partial charge < -0.3 is 15.1 Å². The van der Waals surface area contributed by atoms with E-state index < -0.39 is 0 Å². The largest absolute Gasteiger partial charge is 0.347 e. The summed E-state index contributed by atoms with van der Waals surface area (Å²) in [6, 6.07) is 0.168. The molecule has 19 heavy (non-hydrogen) atoms. The van der Waals surface area contributed by atoms with Gasteiger partial charge in [0, 0.05) is 32.6 Å². The fourth-order valence-electron chi connectivity index (χ4n) is 3.18. The van der Waals surface area contributed by atoms with E-state index in [1.54, 1.807) is 19.0 Å². The minimum Gasteiger partial charge on any atom is -0.347 e. The third kappa shape index (κ3) is 3.08. The minimum atomic E-state index is -0.229. The average molecular weight is 267 g/mol. The molecular weight excluding hydrogens is 242 g/mol. The Labute approximate surface area is 115 Å². The van der Waals surface area contributed by atoms with Gasteiger partial charge in [-0.05, 0) is 39.2 Å². The molecule has 2 amide bonds. The van der Waals surface area contributed by atoms with Gasteiger partial charge in [-0.1, -0.05) is 0 Å². The van der Waals surface area contributed by atoms with Crippen LogP contribution in [0.1, 0.15) is 32.6 Å². The van der Waals surface area contributed by atoms with Crippen LogP contribution in [-0.4, -0.2) is 60.9 Å². The molecule has 108 valence electrons. The van der Waals surface area contributed by atoms with E-state index >= 15 is 0 Å². The van der Waals surface area contributed by atoms with Gasteiger partial charge in [0.1, 0.15) is 6.04 Å². The molecule has 0 saturated carbocycles. The van der Waals surface area contributed by atoms with Crippen LogP contribution >= 0.6 is 0 Å². The Bertz CT molecular complexity index is 357. The summed E-state index contributed by atoms with van der Waals surface area (Å²) in [5.74, 6) is 0.339. The summed E-state index contributed by atoms with van der Waals surface area (Å²) < 4.78 is 0. The number of hydrogen-bond acceptors (Lipinski definition) is 3. The van der Waals surface area contributed by atoms with Gasteiger partial charge in [0.15, 0.2) is 0 Å². The van der Waals surface area contributed by atoms with Crippen molar-refractivity contribution in [2.75, 3.05) is 27.2 Å². The summed E-state index contributed by atoms with van der Waals surface area (Å²) in [5, 5.41) is 3.36. The van der Waals surface area contributed by atoms with Crippen LogP contribution in [0.4, 0.5) is 0 Å². The highest BCUT2D eigenvalue weighted by Crippen LogP contribution is 2.25. The Morgan fingerprint density at radius 3 is 2.63 bits per heavy atom. The summed E-state index contributed by atoms with van der Waals surface area (Å²) in [6.07, 6.45) is 3.53. The quantitative estimate of drug-likeness (QED) is 0.790. The van der Waals surface area contributed by atoms with Crippen molar-refractivity contribution in [2.45, 2.75) is 44.7 Å². The van der Waals surface area contributed by atoms with Gasteiger partial charge in [0.05, 0.1) is 0 Å². The first-order chi connectivity index (χ1) is 9.00. The van der Waals surface area contributed by atoms with Crippen LogP contribution < -0.4 is 5.32 Å². The van der Waals surface area contributed by atoms with Crippen LogP contribution in [0, 0.1) is 5.92 Å². The van der Waals surface area contributed by atoms with Crippen LogP contribution in [0.25, 0.3) is 0 Å². The van der Waals surface area contributed by atoms with Gasteiger partial charge in [0.2, 0.25) is 11.8 Å². The fraction of sp³-hybridized carbons (Fsp3) is 0.857. The molecule has 0 bridgehead atoms. The third-order valence-corrected chi connectivity index (χ3v) is 4.23. The molecule has 0 aromatic heterocycles. The van der Waals surface area contributed by atoms with Crippen LogP contribution in [0.5, 0.6) is 0 Å². The number of nitrogens with zero attached hydrogens (tertiary/aromatic N) is 2. The van der Waals surface area contributed by atoms with E-state index in [1.165, 1.54) is 0 Å². The lowest BCUT2D eigenvalue weighted by Gasteiger charge is -2.33. The van der Waals surface area contributed by atoms with Crippen LogP contribution in [-0.2, 0) is 9.59 Å². The van der Waals surface area contributed by atoms with Crippen molar-refractivity contribution in [2.24, 2.45) is 5.92 Å². The van der Waals surface area contributed by atoms with Crippen molar-refractivity contribution < 1.29 is 9.59 Å². The highest BCUT2D eigenvalue weighted by molar-refractivity contribution is 5.89. The van der Waals surface area contributed by atoms with Gasteiger partial charge in [0.25, 0.3) is 0 Å². The molecule has 5 nitrogen and oxygen atoms in total. The van der Waals surface area contributed by atoms with Gasteiger partial charge in [-0.15, -0.1) is 0 Å². The van der Waals surface area contributed by atoms with Crippen molar-refractivity contribution >= 4 is 11.8 Å². The van der Waals surface area contributed by atoms with E-state index in [-0.39, 0.29) is 23.8 Å². The predicted molar refractivity (Wildman–Crippen MR) is 73.6 cm³/mol. The number of carbonyl (C=O) groups excluding carboxylic acids is 2. The van der Waals surface area contributed by atoms with E-state index in [2.05, 4.69) is 12.2 Å². The van der Waals surface area contributed by atoms with E-state index in [1.807, 2.05) is 4.90 Å². The van der Waals surface area contributed by atoms with Crippen LogP contribution in [0.3, 0.4) is 0 Å². The van der Waals surface area contributed by atoms with E-state index in [0.717, 1.165) is 38.8 Å². The minimum absolute atomic E-state index is 0.0628. The first kappa shape index (κ1) is 14.3. The first-order valence-corrected chi connectivity index (χ1v) is 7.25. The van der Waals surface area contributed by atoms with E-state index in [0.29, 0.717) is 6.04 Å². The standard InChI is InChI=1S/C14H25N3O2/c1-10-9-11(6-7-15-10)13(18)17-8-4-5-12(17)14(19)16(2)3/h10-12,15H,4-9H2,1-3H3. The van der Waals surface area contributed by atoms with Gasteiger partial charge in [-0.25, -0.2) is 0 Å². The van der Waals surface area contributed by atoms with E-state index in [4.69, 9.17) is 0 Å². The number of likely N-dealkylation sites (N-methyl/N-ethyl adjacent to an activating group) is 1. The number of hydrogen-bond donors (Lipinski definition) is 1. The Morgan fingerprint density at radius 2 is 2.00 bits per heavy atom. The molecule has 2 heterocycles. The molecular formula is C14H25N3O2. The van der Waals surface area contributed by atoms with Crippen molar-refractivity contribution in [3.63, 3.8) is 0 Å². The molecule has 3 unspecified atom stereocenters. The summed E-state index contributed by atoms with van der Waals surface area (Å²) in [5.41, 5.74) is 0. The highest BCUT2D eigenvalue weighted by atomic mass is 16.2. The molecule has 0 radical (unpaired) electrons. The number of piperidine rings is 1. The highest BCUT2D eigenvalue weighted by Gasteiger charge is 2.38. The van der Waals surface area contributed by atoms with Crippen LogP contribution in [0.2, 0.25) is 0 Å². The summed E-state index contributed by atoms with van der Waals surface area (Å²) in [7, 11) is 3.52. The zero-order valence-corrected chi connectivity index (χ0v) is 12.2. The molecule has 3 atom stereocenters. The molecule has 2 saturated heterocycles. The summed E-state index contributed by atoms with van der Waals surface area (Å²) >= 11 is 0. The Balaban J connectivity index is 2.03. The molecule has 5 heteroatoms. The second kappa shape index (κ2) is 5.90. The average Bonchev–Trinajstić information content (AvgIpc) is 2.85. The zero-order chi connectivity index (χ0) is 14.0. The normalized spacial score (nSPS) is 31.3. The monoisotopic (exact) mass is 267 g/mol.